The van der Waals surface area contributed by atoms with Crippen molar-refractivity contribution in [3.05, 3.63) is 99.1 Å². The molecule has 1 unspecified atom stereocenters. The molecule has 0 aromatic heterocycles. The molecule has 3 aromatic carbocycles. The number of carbonyl (C=O) groups is 1. The summed E-state index contributed by atoms with van der Waals surface area (Å²) in [7, 11) is 0. The summed E-state index contributed by atoms with van der Waals surface area (Å²) in [5, 5.41) is 4.28. The van der Waals surface area contributed by atoms with Gasteiger partial charge in [-0.3, -0.25) is 9.80 Å². The Labute approximate surface area is 188 Å². The minimum atomic E-state index is -2.47. The van der Waals surface area contributed by atoms with Crippen LogP contribution >= 0.6 is 0 Å². The van der Waals surface area contributed by atoms with E-state index in [0.29, 0.717) is 11.3 Å². The van der Waals surface area contributed by atoms with E-state index in [0.717, 1.165) is 12.1 Å². The van der Waals surface area contributed by atoms with Gasteiger partial charge in [0.25, 0.3) is 0 Å². The lowest BCUT2D eigenvalue weighted by molar-refractivity contribution is 0.112. The van der Waals surface area contributed by atoms with Crippen LogP contribution in [-0.4, -0.2) is 12.0 Å². The van der Waals surface area contributed by atoms with Gasteiger partial charge in [0.05, 0.1) is 28.6 Å². The fraction of sp³-hybridized carbons (Fsp3) is 0.0909. The van der Waals surface area contributed by atoms with Crippen molar-refractivity contribution in [2.75, 3.05) is 5.01 Å². The maximum absolute atomic E-state index is 14.6. The summed E-state index contributed by atoms with van der Waals surface area (Å²) in [6.45, 7) is 0. The summed E-state index contributed by atoms with van der Waals surface area (Å²) in [5.74, 6) is -23.4. The molecule has 0 saturated heterocycles. The standard InChI is InChI=1S/C22H8F10N2O/c23-13-11(14(24)18(28)21(31)17(13)27)9-5-10(12-15(25)19(29)22(32)20(30)16(12)26)34(33-9)8-3-1-7(6-35)2-4-8/h1-4,6,10H,5H2. The Bertz CT molecular complexity index is 1350. The van der Waals surface area contributed by atoms with Crippen LogP contribution in [0.3, 0.4) is 0 Å². The summed E-state index contributed by atoms with van der Waals surface area (Å²) in [6, 6.07) is 2.61. The molecule has 13 heteroatoms. The van der Waals surface area contributed by atoms with Gasteiger partial charge in [-0.15, -0.1) is 0 Å². The van der Waals surface area contributed by atoms with Crippen molar-refractivity contribution >= 4 is 17.7 Å². The van der Waals surface area contributed by atoms with E-state index in [1.807, 2.05) is 0 Å². The lowest BCUT2D eigenvalue weighted by Gasteiger charge is -2.25. The fourth-order valence-corrected chi connectivity index (χ4v) is 3.60. The molecular formula is C22H8F10N2O. The lowest BCUT2D eigenvalue weighted by atomic mass is 9.96. The quantitative estimate of drug-likeness (QED) is 0.182. The van der Waals surface area contributed by atoms with Crippen molar-refractivity contribution in [3.8, 4) is 0 Å². The maximum Gasteiger partial charge on any atom is 0.200 e. The number of benzene rings is 3. The van der Waals surface area contributed by atoms with Gasteiger partial charge in [-0.25, -0.2) is 43.9 Å². The van der Waals surface area contributed by atoms with Gasteiger partial charge in [0.2, 0.25) is 11.6 Å². The molecule has 0 saturated carbocycles. The summed E-state index contributed by atoms with van der Waals surface area (Å²) >= 11 is 0. The normalized spacial score (nSPS) is 15.5. The van der Waals surface area contributed by atoms with Gasteiger partial charge < -0.3 is 0 Å². The number of carbonyl (C=O) groups excluding carboxylic acids is 1. The molecule has 0 aliphatic carbocycles. The van der Waals surface area contributed by atoms with E-state index in [9.17, 15) is 48.7 Å². The first-order valence-electron chi connectivity index (χ1n) is 9.44. The zero-order valence-electron chi connectivity index (χ0n) is 16.8. The second-order valence-electron chi connectivity index (χ2n) is 7.25. The van der Waals surface area contributed by atoms with Crippen molar-refractivity contribution in [1.29, 1.82) is 0 Å². The van der Waals surface area contributed by atoms with E-state index in [1.165, 1.54) is 12.1 Å². The van der Waals surface area contributed by atoms with Gasteiger partial charge in [-0.2, -0.15) is 5.10 Å². The van der Waals surface area contributed by atoms with Gasteiger partial charge in [-0.1, -0.05) is 0 Å². The molecule has 35 heavy (non-hydrogen) atoms. The highest BCUT2D eigenvalue weighted by atomic mass is 19.2. The minimum Gasteiger partial charge on any atom is -0.298 e. The number of halogens is 10. The molecule has 3 aromatic rings. The Morgan fingerprint density at radius 1 is 0.657 bits per heavy atom. The average Bonchev–Trinajstić information content (AvgIpc) is 3.28. The molecule has 1 aliphatic rings. The number of hydrazone groups is 1. The Morgan fingerprint density at radius 2 is 1.09 bits per heavy atom. The van der Waals surface area contributed by atoms with Crippen LogP contribution in [0, 0.1) is 58.2 Å². The topological polar surface area (TPSA) is 32.7 Å². The molecule has 1 aliphatic heterocycles. The highest BCUT2D eigenvalue weighted by Gasteiger charge is 2.40. The summed E-state index contributed by atoms with van der Waals surface area (Å²) < 4.78 is 140. The van der Waals surface area contributed by atoms with Gasteiger partial charge in [-0.05, 0) is 24.3 Å². The first-order chi connectivity index (χ1) is 16.5. The van der Waals surface area contributed by atoms with E-state index in [-0.39, 0.29) is 11.3 Å². The molecule has 0 N–H and O–H groups in total. The third kappa shape index (κ3) is 3.70. The largest absolute Gasteiger partial charge is 0.298 e. The minimum absolute atomic E-state index is 0.102. The molecule has 0 fully saturated rings. The molecule has 0 spiro atoms. The Balaban J connectivity index is 1.96. The van der Waals surface area contributed by atoms with Crippen molar-refractivity contribution in [1.82, 2.24) is 0 Å². The van der Waals surface area contributed by atoms with E-state index >= 15 is 0 Å². The highest BCUT2D eigenvalue weighted by Crippen LogP contribution is 2.41. The van der Waals surface area contributed by atoms with Crippen molar-refractivity contribution in [2.24, 2.45) is 5.10 Å². The van der Waals surface area contributed by atoms with Crippen molar-refractivity contribution in [2.45, 2.75) is 12.5 Å². The maximum atomic E-state index is 14.6. The van der Waals surface area contributed by atoms with E-state index < -0.39 is 87.5 Å². The molecule has 0 radical (unpaired) electrons. The molecule has 1 heterocycles. The van der Waals surface area contributed by atoms with Crippen molar-refractivity contribution < 1.29 is 48.7 Å². The van der Waals surface area contributed by atoms with E-state index in [2.05, 4.69) is 5.10 Å². The molecule has 0 bridgehead atoms. The summed E-state index contributed by atoms with van der Waals surface area (Å²) in [6.07, 6.45) is -0.606. The highest BCUT2D eigenvalue weighted by molar-refractivity contribution is 6.03. The third-order valence-electron chi connectivity index (χ3n) is 5.28. The first-order valence-corrected chi connectivity index (χ1v) is 9.44. The van der Waals surface area contributed by atoms with Crippen LogP contribution in [0.15, 0.2) is 29.4 Å². The van der Waals surface area contributed by atoms with E-state index in [4.69, 9.17) is 0 Å². The third-order valence-corrected chi connectivity index (χ3v) is 5.28. The van der Waals surface area contributed by atoms with Crippen LogP contribution in [0.5, 0.6) is 0 Å². The van der Waals surface area contributed by atoms with Crippen LogP contribution in [-0.2, 0) is 0 Å². The number of nitrogens with zero attached hydrogens (tertiary/aromatic N) is 2. The summed E-state index contributed by atoms with van der Waals surface area (Å²) in [5.41, 5.74) is -3.98. The van der Waals surface area contributed by atoms with Crippen LogP contribution in [0.4, 0.5) is 49.6 Å². The Kier molecular flexibility index (Phi) is 6.03. The van der Waals surface area contributed by atoms with Crippen LogP contribution < -0.4 is 5.01 Å². The molecule has 4 rings (SSSR count). The van der Waals surface area contributed by atoms with Gasteiger partial charge >= 0.3 is 0 Å². The average molecular weight is 506 g/mol. The lowest BCUT2D eigenvalue weighted by Crippen LogP contribution is -2.23. The molecule has 1 atom stereocenters. The smallest absolute Gasteiger partial charge is 0.200 e. The zero-order valence-corrected chi connectivity index (χ0v) is 16.8. The first kappa shape index (κ1) is 24.2. The van der Waals surface area contributed by atoms with E-state index in [1.54, 1.807) is 0 Å². The van der Waals surface area contributed by atoms with Gasteiger partial charge in [0.15, 0.2) is 46.5 Å². The monoisotopic (exact) mass is 506 g/mol. The fourth-order valence-electron chi connectivity index (χ4n) is 3.60. The number of hydrogen-bond donors (Lipinski definition) is 0. The Hall–Kier alpha value is -3.90. The Morgan fingerprint density at radius 3 is 1.54 bits per heavy atom. The second-order valence-corrected chi connectivity index (χ2v) is 7.25. The molecule has 0 amide bonds. The second kappa shape index (κ2) is 8.71. The number of hydrogen-bond acceptors (Lipinski definition) is 3. The summed E-state index contributed by atoms with van der Waals surface area (Å²) in [4.78, 5) is 10.9. The van der Waals surface area contributed by atoms with Gasteiger partial charge in [0.1, 0.15) is 6.29 Å². The molecule has 182 valence electrons. The van der Waals surface area contributed by atoms with Crippen LogP contribution in [0.2, 0.25) is 0 Å². The predicted octanol–water partition coefficient (Wildman–Crippen LogP) is 6.25. The molecule has 3 nitrogen and oxygen atoms in total. The van der Waals surface area contributed by atoms with Crippen LogP contribution in [0.25, 0.3) is 0 Å². The molecular weight excluding hydrogens is 498 g/mol. The predicted molar refractivity (Wildman–Crippen MR) is 101 cm³/mol. The van der Waals surface area contributed by atoms with Crippen LogP contribution in [0.1, 0.15) is 33.9 Å². The zero-order chi connectivity index (χ0) is 25.8. The number of rotatable bonds is 4. The SMILES string of the molecule is O=Cc1ccc(N2N=C(c3c(F)c(F)c(F)c(F)c3F)CC2c2c(F)c(F)c(F)c(F)c2F)cc1. The number of anilines is 1. The van der Waals surface area contributed by atoms with Gasteiger partial charge in [0, 0.05) is 12.0 Å². The van der Waals surface area contributed by atoms with Crippen molar-refractivity contribution in [3.63, 3.8) is 0 Å². The number of aldehydes is 1.